The summed E-state index contributed by atoms with van der Waals surface area (Å²) in [6, 6.07) is 0. The molecule has 0 N–H and O–H groups in total. The highest BCUT2D eigenvalue weighted by molar-refractivity contribution is 7.82. The third kappa shape index (κ3) is 2.09. The first-order valence-corrected chi connectivity index (χ1v) is 4.64. The van der Waals surface area contributed by atoms with Gasteiger partial charge in [-0.3, -0.25) is 0 Å². The molecule has 1 heterocycles. The van der Waals surface area contributed by atoms with E-state index in [-0.39, 0.29) is 12.7 Å². The smallest absolute Gasteiger partial charge is 0.245 e. The molecule has 0 radical (unpaired) electrons. The van der Waals surface area contributed by atoms with E-state index in [1.54, 1.807) is 0 Å². The van der Waals surface area contributed by atoms with Gasteiger partial charge in [0.1, 0.15) is 6.10 Å². The van der Waals surface area contributed by atoms with Crippen molar-refractivity contribution in [3.8, 4) is 0 Å². The van der Waals surface area contributed by atoms with Gasteiger partial charge in [-0.15, -0.1) is 11.6 Å². The van der Waals surface area contributed by atoms with E-state index in [4.69, 9.17) is 11.6 Å². The predicted molar refractivity (Wildman–Crippen MR) is 35.1 cm³/mol. The molecule has 0 unspecified atom stereocenters. The molecule has 0 aromatic rings. The van der Waals surface area contributed by atoms with Gasteiger partial charge in [0.25, 0.3) is 0 Å². The van der Waals surface area contributed by atoms with E-state index in [0.29, 0.717) is 12.3 Å². The molecule has 60 valence electrons. The highest BCUT2D eigenvalue weighted by Crippen LogP contribution is 2.15. The lowest BCUT2D eigenvalue weighted by atomic mass is 10.3. The van der Waals surface area contributed by atoms with Crippen LogP contribution in [0.15, 0.2) is 0 Å². The summed E-state index contributed by atoms with van der Waals surface area (Å²) in [4.78, 5) is 0. The Bertz CT molecular complexity index is 199. The van der Waals surface area contributed by atoms with Crippen LogP contribution in [0.3, 0.4) is 0 Å². The second-order valence-corrected chi connectivity index (χ2v) is 3.51. The van der Waals surface area contributed by atoms with Crippen molar-refractivity contribution in [1.29, 1.82) is 0 Å². The van der Waals surface area contributed by atoms with Crippen LogP contribution in [0.1, 0.15) is 6.42 Å². The van der Waals surface area contributed by atoms with Gasteiger partial charge in [-0.05, 0) is 6.42 Å². The maximum atomic E-state index is 10.4. The maximum Gasteiger partial charge on any atom is 0.400 e. The molecule has 0 amide bonds. The highest BCUT2D eigenvalue weighted by atomic mass is 35.5. The zero-order chi connectivity index (χ0) is 7.61. The van der Waals surface area contributed by atoms with E-state index in [0.717, 1.165) is 0 Å². The molecule has 1 aliphatic heterocycles. The van der Waals surface area contributed by atoms with Crippen LogP contribution in [0, 0.1) is 0 Å². The summed E-state index contributed by atoms with van der Waals surface area (Å²) in [7, 11) is -3.68. The summed E-state index contributed by atoms with van der Waals surface area (Å²) in [6.07, 6.45) is 0.114. The average molecular weight is 187 g/mol. The average Bonchev–Trinajstić information content (AvgIpc) is 2.12. The second kappa shape index (κ2) is 3.04. The lowest BCUT2D eigenvalue weighted by Gasteiger charge is -1.98. The van der Waals surface area contributed by atoms with Crippen LogP contribution in [0.2, 0.25) is 0 Å². The topological polar surface area (TPSA) is 52.6 Å². The lowest BCUT2D eigenvalue weighted by molar-refractivity contribution is 0.232. The molecule has 4 nitrogen and oxygen atoms in total. The van der Waals surface area contributed by atoms with Crippen molar-refractivity contribution in [2.24, 2.45) is 0 Å². The number of hydrogen-bond donors (Lipinski definition) is 0. The molecule has 0 aromatic carbocycles. The number of alkyl halides is 1. The standard InChI is InChI=1S/C4H7ClO4S/c5-2-1-4-3-8-10(6,7)9-4/h4H,1-3H2/t4-/m1/s1. The lowest BCUT2D eigenvalue weighted by Crippen LogP contribution is -2.10. The maximum absolute atomic E-state index is 10.4. The van der Waals surface area contributed by atoms with Crippen molar-refractivity contribution in [3.63, 3.8) is 0 Å². The quantitative estimate of drug-likeness (QED) is 0.582. The fraction of sp³-hybridized carbons (Fsp3) is 1.00. The molecule has 0 aliphatic carbocycles. The Morgan fingerprint density at radius 1 is 1.60 bits per heavy atom. The van der Waals surface area contributed by atoms with Crippen LogP contribution in [-0.4, -0.2) is 27.0 Å². The third-order valence-corrected chi connectivity index (χ3v) is 2.23. The van der Waals surface area contributed by atoms with E-state index in [1.807, 2.05) is 0 Å². The van der Waals surface area contributed by atoms with E-state index >= 15 is 0 Å². The monoisotopic (exact) mass is 186 g/mol. The Morgan fingerprint density at radius 2 is 2.30 bits per heavy atom. The van der Waals surface area contributed by atoms with Crippen LogP contribution in [0.5, 0.6) is 0 Å². The SMILES string of the molecule is O=S1(=O)OC[C@@H](CCCl)O1. The van der Waals surface area contributed by atoms with Gasteiger partial charge in [0.15, 0.2) is 0 Å². The molecule has 6 heteroatoms. The largest absolute Gasteiger partial charge is 0.400 e. The van der Waals surface area contributed by atoms with Crippen molar-refractivity contribution in [1.82, 2.24) is 0 Å². The minimum absolute atomic E-state index is 0.0923. The first-order valence-electron chi connectivity index (χ1n) is 2.77. The normalized spacial score (nSPS) is 30.7. The second-order valence-electron chi connectivity index (χ2n) is 1.89. The Morgan fingerprint density at radius 3 is 2.70 bits per heavy atom. The fourth-order valence-electron chi connectivity index (χ4n) is 0.635. The number of rotatable bonds is 2. The Balaban J connectivity index is 2.44. The van der Waals surface area contributed by atoms with Crippen LogP contribution in [-0.2, 0) is 18.8 Å². The third-order valence-electron chi connectivity index (χ3n) is 1.08. The Hall–Kier alpha value is 0.160. The highest BCUT2D eigenvalue weighted by Gasteiger charge is 2.28. The Kier molecular flexibility index (Phi) is 2.51. The minimum atomic E-state index is -3.68. The van der Waals surface area contributed by atoms with Crippen LogP contribution in [0.4, 0.5) is 0 Å². The molecule has 0 saturated carbocycles. The summed E-state index contributed by atoms with van der Waals surface area (Å²) in [6.45, 7) is 0.0923. The molecule has 0 spiro atoms. The van der Waals surface area contributed by atoms with Crippen molar-refractivity contribution < 1.29 is 16.8 Å². The summed E-state index contributed by atoms with van der Waals surface area (Å²) in [5, 5.41) is 0. The minimum Gasteiger partial charge on any atom is -0.245 e. The summed E-state index contributed by atoms with van der Waals surface area (Å²) in [5.41, 5.74) is 0. The molecule has 10 heavy (non-hydrogen) atoms. The number of halogens is 1. The van der Waals surface area contributed by atoms with Gasteiger partial charge in [0, 0.05) is 5.88 Å². The molecule has 1 atom stereocenters. The zero-order valence-electron chi connectivity index (χ0n) is 5.12. The van der Waals surface area contributed by atoms with E-state index in [2.05, 4.69) is 8.37 Å². The van der Waals surface area contributed by atoms with Crippen molar-refractivity contribution in [3.05, 3.63) is 0 Å². The van der Waals surface area contributed by atoms with Gasteiger partial charge < -0.3 is 0 Å². The van der Waals surface area contributed by atoms with Crippen LogP contribution in [0.25, 0.3) is 0 Å². The molecule has 1 aliphatic rings. The van der Waals surface area contributed by atoms with Crippen LogP contribution >= 0.6 is 11.6 Å². The summed E-state index contributed by atoms with van der Waals surface area (Å²) >= 11 is 5.34. The fourth-order valence-corrected chi connectivity index (χ4v) is 1.74. The van der Waals surface area contributed by atoms with Gasteiger partial charge in [-0.25, -0.2) is 8.37 Å². The van der Waals surface area contributed by atoms with Crippen molar-refractivity contribution in [2.45, 2.75) is 12.5 Å². The summed E-state index contributed by atoms with van der Waals surface area (Å²) < 4.78 is 29.6. The predicted octanol–water partition coefficient (Wildman–Crippen LogP) is 0.276. The van der Waals surface area contributed by atoms with Gasteiger partial charge in [0.05, 0.1) is 6.61 Å². The van der Waals surface area contributed by atoms with Crippen molar-refractivity contribution in [2.75, 3.05) is 12.5 Å². The van der Waals surface area contributed by atoms with Crippen molar-refractivity contribution >= 4 is 22.0 Å². The molecule has 1 saturated heterocycles. The first-order chi connectivity index (χ1) is 4.64. The van der Waals surface area contributed by atoms with E-state index in [9.17, 15) is 8.42 Å². The summed E-state index contributed by atoms with van der Waals surface area (Å²) in [5.74, 6) is 0.379. The van der Waals surface area contributed by atoms with Gasteiger partial charge in [0.2, 0.25) is 0 Å². The molecule has 1 fully saturated rings. The number of hydrogen-bond acceptors (Lipinski definition) is 4. The molecular formula is C4H7ClO4S. The molecular weight excluding hydrogens is 180 g/mol. The van der Waals surface area contributed by atoms with E-state index in [1.165, 1.54) is 0 Å². The van der Waals surface area contributed by atoms with Crippen LogP contribution < -0.4 is 0 Å². The first kappa shape index (κ1) is 8.26. The molecule has 0 bridgehead atoms. The van der Waals surface area contributed by atoms with Gasteiger partial charge in [-0.1, -0.05) is 0 Å². The van der Waals surface area contributed by atoms with Gasteiger partial charge >= 0.3 is 10.4 Å². The molecule has 0 aromatic heterocycles. The zero-order valence-corrected chi connectivity index (χ0v) is 6.69. The van der Waals surface area contributed by atoms with Gasteiger partial charge in [-0.2, -0.15) is 8.42 Å². The van der Waals surface area contributed by atoms with E-state index < -0.39 is 10.4 Å². The Labute approximate surface area is 64.4 Å². The molecule has 1 rings (SSSR count).